The van der Waals surface area contributed by atoms with Crippen LogP contribution in [0, 0.1) is 10.1 Å². The number of furan rings is 1. The van der Waals surface area contributed by atoms with E-state index < -0.39 is 4.92 Å². The molecule has 0 aliphatic carbocycles. The standard InChI is InChI=1S/C30H21BrN4O4S/c31-21-5-3-4-19(16-21)27-13-12-24(39-27)17-28-29(36)34(15-14-20-18-32-26-7-2-1-6-25(20)26)30(40-28)33-22-8-10-23(11-9-22)35(37)38/h1-13,16-18,32H,14-15H2/b28-17-,33-30?. The molecule has 6 rings (SSSR count). The third-order valence-electron chi connectivity index (χ3n) is 6.46. The van der Waals surface area contributed by atoms with E-state index in [-0.39, 0.29) is 11.6 Å². The maximum absolute atomic E-state index is 13.6. The number of thioether (sulfide) groups is 1. The first-order valence-electron chi connectivity index (χ1n) is 12.4. The number of rotatable bonds is 7. The minimum absolute atomic E-state index is 0.0186. The van der Waals surface area contributed by atoms with Gasteiger partial charge < -0.3 is 9.40 Å². The molecule has 8 nitrogen and oxygen atoms in total. The van der Waals surface area contributed by atoms with Gasteiger partial charge in [-0.15, -0.1) is 0 Å². The van der Waals surface area contributed by atoms with Crippen molar-refractivity contribution in [2.24, 2.45) is 4.99 Å². The lowest BCUT2D eigenvalue weighted by molar-refractivity contribution is -0.384. The highest BCUT2D eigenvalue weighted by atomic mass is 79.9. The van der Waals surface area contributed by atoms with Crippen molar-refractivity contribution in [3.05, 3.63) is 122 Å². The third-order valence-corrected chi connectivity index (χ3v) is 7.96. The van der Waals surface area contributed by atoms with Gasteiger partial charge in [0.25, 0.3) is 11.6 Å². The van der Waals surface area contributed by atoms with E-state index in [2.05, 4.69) is 32.0 Å². The van der Waals surface area contributed by atoms with E-state index in [1.807, 2.05) is 60.8 Å². The van der Waals surface area contributed by atoms with Crippen molar-refractivity contribution in [2.75, 3.05) is 6.54 Å². The predicted molar refractivity (Wildman–Crippen MR) is 161 cm³/mol. The Morgan fingerprint density at radius 3 is 2.67 bits per heavy atom. The van der Waals surface area contributed by atoms with Gasteiger partial charge in [0.05, 0.1) is 15.5 Å². The molecule has 0 unspecified atom stereocenters. The number of amides is 1. The summed E-state index contributed by atoms with van der Waals surface area (Å²) in [4.78, 5) is 34.3. The summed E-state index contributed by atoms with van der Waals surface area (Å²) >= 11 is 4.74. The van der Waals surface area contributed by atoms with Crippen molar-refractivity contribution in [3.8, 4) is 11.3 Å². The number of aromatic amines is 1. The molecule has 1 saturated heterocycles. The molecule has 0 spiro atoms. The number of carbonyl (C=O) groups excluding carboxylic acids is 1. The molecule has 3 heterocycles. The number of nitro benzene ring substituents is 1. The summed E-state index contributed by atoms with van der Waals surface area (Å²) in [5, 5.41) is 12.7. The fourth-order valence-corrected chi connectivity index (χ4v) is 5.88. The van der Waals surface area contributed by atoms with Gasteiger partial charge in [0, 0.05) is 51.9 Å². The Bertz CT molecular complexity index is 1810. The van der Waals surface area contributed by atoms with Gasteiger partial charge in [-0.25, -0.2) is 4.99 Å². The van der Waals surface area contributed by atoms with Gasteiger partial charge in [-0.2, -0.15) is 0 Å². The molecule has 1 N–H and O–H groups in total. The Morgan fingerprint density at radius 2 is 1.88 bits per heavy atom. The molecule has 3 aromatic carbocycles. The van der Waals surface area contributed by atoms with Crippen LogP contribution in [0.15, 0.2) is 110 Å². The highest BCUT2D eigenvalue weighted by molar-refractivity contribution is 9.10. The van der Waals surface area contributed by atoms with Gasteiger partial charge in [-0.1, -0.05) is 46.3 Å². The van der Waals surface area contributed by atoms with E-state index in [9.17, 15) is 14.9 Å². The number of non-ortho nitro benzene ring substituents is 1. The summed E-state index contributed by atoms with van der Waals surface area (Å²) in [5.74, 6) is 1.07. The van der Waals surface area contributed by atoms with Crippen LogP contribution in [0.4, 0.5) is 11.4 Å². The Kier molecular flexibility index (Phi) is 7.10. The van der Waals surface area contributed by atoms with Gasteiger partial charge in [-0.05, 0) is 66.2 Å². The number of benzene rings is 3. The zero-order valence-electron chi connectivity index (χ0n) is 20.9. The maximum Gasteiger partial charge on any atom is 0.269 e. The lowest BCUT2D eigenvalue weighted by Gasteiger charge is -2.15. The topological polar surface area (TPSA) is 105 Å². The number of H-pyrrole nitrogens is 1. The monoisotopic (exact) mass is 612 g/mol. The second-order valence-corrected chi connectivity index (χ2v) is 11.0. The minimum Gasteiger partial charge on any atom is -0.457 e. The summed E-state index contributed by atoms with van der Waals surface area (Å²) in [5.41, 5.74) is 3.57. The molecule has 1 amide bonds. The van der Waals surface area contributed by atoms with Gasteiger partial charge >= 0.3 is 0 Å². The summed E-state index contributed by atoms with van der Waals surface area (Å²) in [6.07, 6.45) is 4.32. The summed E-state index contributed by atoms with van der Waals surface area (Å²) in [6, 6.07) is 25.5. The molecule has 0 bridgehead atoms. The number of nitrogens with one attached hydrogen (secondary N) is 1. The van der Waals surface area contributed by atoms with Crippen molar-refractivity contribution in [1.82, 2.24) is 9.88 Å². The number of nitrogens with zero attached hydrogens (tertiary/aromatic N) is 3. The number of hydrogen-bond acceptors (Lipinski definition) is 6. The van der Waals surface area contributed by atoms with E-state index in [4.69, 9.17) is 4.42 Å². The molecule has 0 saturated carbocycles. The number of para-hydroxylation sites is 1. The Hall–Kier alpha value is -4.41. The second kappa shape index (κ2) is 11.0. The predicted octanol–water partition coefficient (Wildman–Crippen LogP) is 7.95. The number of aromatic nitrogens is 1. The molecule has 198 valence electrons. The van der Waals surface area contributed by atoms with Gasteiger partial charge in [-0.3, -0.25) is 19.8 Å². The molecule has 1 aliphatic rings. The number of aliphatic imine (C=N–C) groups is 1. The number of halogens is 1. The molecule has 2 aromatic heterocycles. The van der Waals surface area contributed by atoms with E-state index in [1.54, 1.807) is 23.1 Å². The first kappa shape index (κ1) is 25.8. The SMILES string of the molecule is O=C1/C(=C/c2ccc(-c3cccc(Br)c3)o2)SC(=Nc2ccc([N+](=O)[O-])cc2)N1CCc1c[nH]c2ccccc12. The van der Waals surface area contributed by atoms with Crippen molar-refractivity contribution in [2.45, 2.75) is 6.42 Å². The normalized spacial score (nSPS) is 15.5. The number of amidine groups is 1. The summed E-state index contributed by atoms with van der Waals surface area (Å²) in [6.45, 7) is 0.415. The largest absolute Gasteiger partial charge is 0.457 e. The Morgan fingerprint density at radius 1 is 1.05 bits per heavy atom. The van der Waals surface area contributed by atoms with Crippen LogP contribution in [0.25, 0.3) is 28.3 Å². The van der Waals surface area contributed by atoms with Gasteiger partial charge in [0.2, 0.25) is 0 Å². The van der Waals surface area contributed by atoms with E-state index >= 15 is 0 Å². The molecule has 0 atom stereocenters. The zero-order chi connectivity index (χ0) is 27.6. The molecule has 1 aliphatic heterocycles. The van der Waals surface area contributed by atoms with Crippen LogP contribution in [0.5, 0.6) is 0 Å². The van der Waals surface area contributed by atoms with E-state index in [0.717, 1.165) is 26.5 Å². The number of hydrogen-bond donors (Lipinski definition) is 1. The van der Waals surface area contributed by atoms with Crippen LogP contribution in [-0.4, -0.2) is 32.4 Å². The molecule has 0 radical (unpaired) electrons. The first-order valence-corrected chi connectivity index (χ1v) is 14.0. The molecular formula is C30H21BrN4O4S. The number of carbonyl (C=O) groups is 1. The second-order valence-electron chi connectivity index (χ2n) is 9.06. The van der Waals surface area contributed by atoms with Crippen molar-refractivity contribution >= 4 is 67.1 Å². The van der Waals surface area contributed by atoms with Crippen LogP contribution >= 0.6 is 27.7 Å². The average molecular weight is 613 g/mol. The van der Waals surface area contributed by atoms with Crippen LogP contribution < -0.4 is 0 Å². The molecular weight excluding hydrogens is 592 g/mol. The highest BCUT2D eigenvalue weighted by Crippen LogP contribution is 2.36. The van der Waals surface area contributed by atoms with E-state index in [1.165, 1.54) is 23.9 Å². The zero-order valence-corrected chi connectivity index (χ0v) is 23.3. The lowest BCUT2D eigenvalue weighted by atomic mass is 10.1. The summed E-state index contributed by atoms with van der Waals surface area (Å²) < 4.78 is 6.98. The third kappa shape index (κ3) is 5.36. The maximum atomic E-state index is 13.6. The van der Waals surface area contributed by atoms with Crippen LogP contribution in [-0.2, 0) is 11.2 Å². The lowest BCUT2D eigenvalue weighted by Crippen LogP contribution is -2.31. The molecule has 40 heavy (non-hydrogen) atoms. The highest BCUT2D eigenvalue weighted by Gasteiger charge is 2.33. The fourth-order valence-electron chi connectivity index (χ4n) is 4.48. The van der Waals surface area contributed by atoms with Crippen LogP contribution in [0.2, 0.25) is 0 Å². The minimum atomic E-state index is -0.453. The molecule has 10 heteroatoms. The summed E-state index contributed by atoms with van der Waals surface area (Å²) in [7, 11) is 0. The fraction of sp³-hybridized carbons (Fsp3) is 0.0667. The number of fused-ring (bicyclic) bond motifs is 1. The van der Waals surface area contributed by atoms with E-state index in [0.29, 0.717) is 40.2 Å². The first-order chi connectivity index (χ1) is 19.4. The van der Waals surface area contributed by atoms with Crippen molar-refractivity contribution < 1.29 is 14.1 Å². The molecule has 1 fully saturated rings. The van der Waals surface area contributed by atoms with Gasteiger partial charge in [0.1, 0.15) is 11.5 Å². The van der Waals surface area contributed by atoms with Crippen molar-refractivity contribution in [3.63, 3.8) is 0 Å². The van der Waals surface area contributed by atoms with Crippen LogP contribution in [0.1, 0.15) is 11.3 Å². The van der Waals surface area contributed by atoms with Gasteiger partial charge in [0.15, 0.2) is 5.17 Å². The smallest absolute Gasteiger partial charge is 0.269 e. The number of nitro groups is 1. The van der Waals surface area contributed by atoms with Crippen LogP contribution in [0.3, 0.4) is 0 Å². The molecule has 5 aromatic rings. The Balaban J connectivity index is 1.30. The Labute approximate surface area is 241 Å². The average Bonchev–Trinajstić information content (AvgIpc) is 3.66. The quantitative estimate of drug-likeness (QED) is 0.114. The van der Waals surface area contributed by atoms with Crippen molar-refractivity contribution in [1.29, 1.82) is 0 Å².